The van der Waals surface area contributed by atoms with Gasteiger partial charge in [-0.2, -0.15) is 0 Å². The lowest BCUT2D eigenvalue weighted by molar-refractivity contribution is 0.290. The molecule has 0 saturated carbocycles. The molecule has 0 saturated heterocycles. The lowest BCUT2D eigenvalue weighted by atomic mass is 10.5. The minimum atomic E-state index is -0.228. The summed E-state index contributed by atoms with van der Waals surface area (Å²) in [7, 11) is 0. The van der Waals surface area contributed by atoms with Gasteiger partial charge in [-0.25, -0.2) is 0 Å². The summed E-state index contributed by atoms with van der Waals surface area (Å²) in [4.78, 5) is 0. The van der Waals surface area contributed by atoms with Gasteiger partial charge >= 0.3 is 0 Å². The van der Waals surface area contributed by atoms with Crippen LogP contribution in [0.5, 0.6) is 0 Å². The maximum absolute atomic E-state index is 8.33. The van der Waals surface area contributed by atoms with Crippen LogP contribution < -0.4 is 11.5 Å². The number of hydrogen-bond acceptors (Lipinski definition) is 7. The molecule has 0 unspecified atom stereocenters. The minimum absolute atomic E-state index is 0.228. The number of nitrogens with zero attached hydrogens (tertiary/aromatic N) is 2. The summed E-state index contributed by atoms with van der Waals surface area (Å²) in [6.07, 6.45) is 4.51. The predicted octanol–water partition coefficient (Wildman–Crippen LogP) is -0.477. The molecular weight excluding hydrogens is 176 g/mol. The maximum Gasteiger partial charge on any atom is 0.258 e. The molecule has 0 aromatic heterocycles. The van der Waals surface area contributed by atoms with Crippen LogP contribution in [-0.2, 0) is 4.74 Å². The Labute approximate surface area is 74.3 Å². The van der Waals surface area contributed by atoms with Crippen molar-refractivity contribution in [2.24, 2.45) is 21.8 Å². The number of hydrogen-bond donors (Lipinski definition) is 4. The van der Waals surface area contributed by atoms with Crippen molar-refractivity contribution in [3.63, 3.8) is 0 Å². The molecule has 0 heterocycles. The van der Waals surface area contributed by atoms with Gasteiger partial charge in [-0.1, -0.05) is 0 Å². The van der Waals surface area contributed by atoms with Crippen LogP contribution in [0.3, 0.4) is 0 Å². The molecule has 0 aliphatic rings. The highest BCUT2D eigenvalue weighted by Gasteiger charge is 2.00. The average molecular weight is 186 g/mol. The van der Waals surface area contributed by atoms with Crippen molar-refractivity contribution in [2.75, 3.05) is 0 Å². The van der Waals surface area contributed by atoms with E-state index in [1.54, 1.807) is 0 Å². The first kappa shape index (κ1) is 10.8. The number of nitrogens with two attached hydrogens (primary N) is 2. The molecule has 72 valence electrons. The number of oxime groups is 2. The zero-order valence-corrected chi connectivity index (χ0v) is 6.66. The largest absolute Gasteiger partial charge is 0.414 e. The van der Waals surface area contributed by atoms with Crippen molar-refractivity contribution in [2.45, 2.75) is 0 Å². The van der Waals surface area contributed by atoms with E-state index in [-0.39, 0.29) is 11.8 Å². The van der Waals surface area contributed by atoms with Crippen LogP contribution in [0, 0.1) is 0 Å². The van der Waals surface area contributed by atoms with Gasteiger partial charge in [-0.3, -0.25) is 0 Å². The second-order valence-electron chi connectivity index (χ2n) is 1.70. The predicted molar refractivity (Wildman–Crippen MR) is 46.2 cm³/mol. The number of ether oxygens (including phenoxy) is 1. The molecule has 0 aromatic rings. The highest BCUT2D eigenvalue weighted by molar-refractivity contribution is 6.01. The number of rotatable bonds is 2. The SMILES string of the molecule is NC=CC(=NO)OC(C=CN)=NO. The van der Waals surface area contributed by atoms with Crippen LogP contribution in [0.1, 0.15) is 0 Å². The monoisotopic (exact) mass is 186 g/mol. The van der Waals surface area contributed by atoms with Gasteiger partial charge in [0.1, 0.15) is 0 Å². The molecule has 7 nitrogen and oxygen atoms in total. The zero-order chi connectivity index (χ0) is 10.1. The van der Waals surface area contributed by atoms with Crippen LogP contribution in [0.2, 0.25) is 0 Å². The van der Waals surface area contributed by atoms with Crippen LogP contribution in [-0.4, -0.2) is 22.2 Å². The van der Waals surface area contributed by atoms with Gasteiger partial charge in [0.2, 0.25) is 0 Å². The van der Waals surface area contributed by atoms with Crippen molar-refractivity contribution >= 4 is 11.8 Å². The fourth-order valence-electron chi connectivity index (χ4n) is 0.447. The molecule has 0 atom stereocenters. The quantitative estimate of drug-likeness (QED) is 0.200. The van der Waals surface area contributed by atoms with E-state index >= 15 is 0 Å². The standard InChI is InChI=1S/C6H10N4O3/c7-3-1-5(9-11)13-6(10-12)2-4-8/h1-4,11-12H,7-8H2. The van der Waals surface area contributed by atoms with Crippen LogP contribution in [0.15, 0.2) is 34.9 Å². The molecular formula is C6H10N4O3. The summed E-state index contributed by atoms with van der Waals surface area (Å²) in [5.74, 6) is -0.457. The second kappa shape index (κ2) is 6.53. The molecule has 13 heavy (non-hydrogen) atoms. The van der Waals surface area contributed by atoms with E-state index in [4.69, 9.17) is 26.6 Å². The smallest absolute Gasteiger partial charge is 0.258 e. The fraction of sp³-hybridized carbons (Fsp3) is 0. The highest BCUT2D eigenvalue weighted by Crippen LogP contribution is 1.89. The molecule has 0 aromatic carbocycles. The Morgan fingerprint density at radius 2 is 1.38 bits per heavy atom. The van der Waals surface area contributed by atoms with Gasteiger partial charge in [0.25, 0.3) is 11.8 Å². The Morgan fingerprint density at radius 1 is 1.00 bits per heavy atom. The van der Waals surface area contributed by atoms with Gasteiger partial charge < -0.3 is 26.6 Å². The first-order valence-electron chi connectivity index (χ1n) is 3.17. The lowest BCUT2D eigenvalue weighted by Gasteiger charge is -1.99. The van der Waals surface area contributed by atoms with Crippen LogP contribution >= 0.6 is 0 Å². The molecule has 0 amide bonds. The van der Waals surface area contributed by atoms with Gasteiger partial charge in [0.05, 0.1) is 0 Å². The molecule has 0 fully saturated rings. The van der Waals surface area contributed by atoms with E-state index in [0.717, 1.165) is 24.6 Å². The van der Waals surface area contributed by atoms with E-state index in [9.17, 15) is 0 Å². The van der Waals surface area contributed by atoms with Crippen LogP contribution in [0.25, 0.3) is 0 Å². The van der Waals surface area contributed by atoms with Gasteiger partial charge in [0.15, 0.2) is 0 Å². The highest BCUT2D eigenvalue weighted by atomic mass is 16.6. The molecule has 6 N–H and O–H groups in total. The Bertz CT molecular complexity index is 231. The molecule has 0 bridgehead atoms. The maximum atomic E-state index is 8.33. The Balaban J connectivity index is 4.39. The Hall–Kier alpha value is -2.18. The van der Waals surface area contributed by atoms with Crippen molar-refractivity contribution in [1.29, 1.82) is 0 Å². The van der Waals surface area contributed by atoms with Crippen molar-refractivity contribution in [1.82, 2.24) is 0 Å². The fourth-order valence-corrected chi connectivity index (χ4v) is 0.447. The summed E-state index contributed by atoms with van der Waals surface area (Å²) >= 11 is 0. The summed E-state index contributed by atoms with van der Waals surface area (Å²) in [5.41, 5.74) is 10.00. The third-order valence-corrected chi connectivity index (χ3v) is 0.884. The molecule has 0 radical (unpaired) electrons. The molecule has 0 aliphatic heterocycles. The Morgan fingerprint density at radius 3 is 1.62 bits per heavy atom. The van der Waals surface area contributed by atoms with Crippen molar-refractivity contribution in [3.8, 4) is 0 Å². The summed E-state index contributed by atoms with van der Waals surface area (Å²) in [6.45, 7) is 0. The van der Waals surface area contributed by atoms with E-state index in [0.29, 0.717) is 0 Å². The van der Waals surface area contributed by atoms with E-state index in [1.807, 2.05) is 0 Å². The van der Waals surface area contributed by atoms with Gasteiger partial charge in [0, 0.05) is 12.2 Å². The normalized spacial score (nSPS) is 14.2. The van der Waals surface area contributed by atoms with Crippen molar-refractivity contribution < 1.29 is 15.2 Å². The molecule has 0 aliphatic carbocycles. The zero-order valence-electron chi connectivity index (χ0n) is 6.66. The molecule has 0 rings (SSSR count). The first-order chi connectivity index (χ1) is 6.28. The van der Waals surface area contributed by atoms with Crippen LogP contribution in [0.4, 0.5) is 0 Å². The first-order valence-corrected chi connectivity index (χ1v) is 3.17. The summed E-state index contributed by atoms with van der Waals surface area (Å²) < 4.78 is 4.70. The Kier molecular flexibility index (Phi) is 5.43. The van der Waals surface area contributed by atoms with Gasteiger partial charge in [-0.05, 0) is 22.7 Å². The summed E-state index contributed by atoms with van der Waals surface area (Å²) in [5, 5.41) is 22.1. The molecule has 7 heteroatoms. The second-order valence-corrected chi connectivity index (χ2v) is 1.70. The van der Waals surface area contributed by atoms with E-state index < -0.39 is 0 Å². The van der Waals surface area contributed by atoms with Crippen molar-refractivity contribution in [3.05, 3.63) is 24.6 Å². The minimum Gasteiger partial charge on any atom is -0.414 e. The third-order valence-electron chi connectivity index (χ3n) is 0.884. The topological polar surface area (TPSA) is 126 Å². The average Bonchev–Trinajstić information content (AvgIpc) is 2.16. The van der Waals surface area contributed by atoms with Gasteiger partial charge in [-0.15, -0.1) is 0 Å². The van der Waals surface area contributed by atoms with E-state index in [2.05, 4.69) is 10.3 Å². The summed E-state index contributed by atoms with van der Waals surface area (Å²) in [6, 6.07) is 0. The third kappa shape index (κ3) is 4.30. The lowest BCUT2D eigenvalue weighted by Crippen LogP contribution is -2.09. The molecule has 0 spiro atoms. The van der Waals surface area contributed by atoms with E-state index in [1.165, 1.54) is 0 Å².